The highest BCUT2D eigenvalue weighted by molar-refractivity contribution is 7.92. The third kappa shape index (κ3) is 2.61. The number of phenols is 1. The number of aromatic amines is 1. The normalized spacial score (nSPS) is 11.7. The Bertz CT molecular complexity index is 967. The minimum atomic E-state index is -3.81. The van der Waals surface area contributed by atoms with E-state index in [-0.39, 0.29) is 16.3 Å². The Labute approximate surface area is 136 Å². The van der Waals surface area contributed by atoms with E-state index in [4.69, 9.17) is 23.2 Å². The third-order valence-electron chi connectivity index (χ3n) is 3.12. The van der Waals surface area contributed by atoms with Gasteiger partial charge < -0.3 is 10.1 Å². The van der Waals surface area contributed by atoms with Gasteiger partial charge in [0.2, 0.25) is 0 Å². The molecule has 1 heterocycles. The van der Waals surface area contributed by atoms with Gasteiger partial charge in [-0.2, -0.15) is 0 Å². The van der Waals surface area contributed by atoms with Crippen molar-refractivity contribution in [3.8, 4) is 5.75 Å². The molecule has 3 rings (SSSR count). The topological polar surface area (TPSA) is 82.2 Å². The summed E-state index contributed by atoms with van der Waals surface area (Å²) in [4.78, 5) is 2.88. The maximum Gasteiger partial charge on any atom is 0.262 e. The lowest BCUT2D eigenvalue weighted by atomic mass is 10.2. The molecule has 0 atom stereocenters. The first-order chi connectivity index (χ1) is 10.4. The van der Waals surface area contributed by atoms with Crippen molar-refractivity contribution in [2.75, 3.05) is 4.72 Å². The summed E-state index contributed by atoms with van der Waals surface area (Å²) in [6.07, 6.45) is 1.48. The van der Waals surface area contributed by atoms with Gasteiger partial charge >= 0.3 is 0 Å². The monoisotopic (exact) mass is 356 g/mol. The second-order valence-electron chi connectivity index (χ2n) is 4.58. The van der Waals surface area contributed by atoms with Gasteiger partial charge in [0.05, 0.1) is 26.5 Å². The molecule has 114 valence electrons. The van der Waals surface area contributed by atoms with E-state index in [1.54, 1.807) is 12.1 Å². The lowest BCUT2D eigenvalue weighted by molar-refractivity contribution is 0.482. The molecular formula is C14H10Cl2N2O3S. The van der Waals surface area contributed by atoms with Crippen molar-refractivity contribution in [2.24, 2.45) is 0 Å². The zero-order chi connectivity index (χ0) is 15.9. The molecular weight excluding hydrogens is 347 g/mol. The minimum absolute atomic E-state index is 0.0352. The van der Waals surface area contributed by atoms with E-state index in [1.165, 1.54) is 30.5 Å². The summed E-state index contributed by atoms with van der Waals surface area (Å²) in [5.41, 5.74) is 0.676. The van der Waals surface area contributed by atoms with E-state index in [9.17, 15) is 13.5 Å². The van der Waals surface area contributed by atoms with Gasteiger partial charge in [0.1, 0.15) is 5.75 Å². The lowest BCUT2D eigenvalue weighted by Crippen LogP contribution is -2.13. The van der Waals surface area contributed by atoms with Crippen molar-refractivity contribution in [1.29, 1.82) is 0 Å². The summed E-state index contributed by atoms with van der Waals surface area (Å²) in [6.45, 7) is 0. The molecule has 0 aliphatic rings. The number of halogens is 2. The summed E-state index contributed by atoms with van der Waals surface area (Å²) in [5, 5.41) is 10.8. The van der Waals surface area contributed by atoms with E-state index in [1.807, 2.05) is 0 Å². The number of hydrogen-bond acceptors (Lipinski definition) is 3. The molecule has 0 saturated carbocycles. The van der Waals surface area contributed by atoms with Crippen molar-refractivity contribution in [3.63, 3.8) is 0 Å². The Hall–Kier alpha value is -1.89. The number of H-pyrrole nitrogens is 1. The molecule has 2 aromatic carbocycles. The molecule has 5 nitrogen and oxygen atoms in total. The smallest absolute Gasteiger partial charge is 0.262 e. The first-order valence-electron chi connectivity index (χ1n) is 6.15. The molecule has 3 aromatic rings. The molecule has 0 saturated heterocycles. The molecule has 0 aliphatic heterocycles. The number of fused-ring (bicyclic) bond motifs is 1. The molecule has 0 aliphatic carbocycles. The van der Waals surface area contributed by atoms with Gasteiger partial charge in [-0.3, -0.25) is 4.72 Å². The first-order valence-corrected chi connectivity index (χ1v) is 8.39. The van der Waals surface area contributed by atoms with E-state index in [2.05, 4.69) is 9.71 Å². The summed E-state index contributed by atoms with van der Waals surface area (Å²) in [7, 11) is -3.81. The summed E-state index contributed by atoms with van der Waals surface area (Å²) in [5.74, 6) is -0.0352. The number of anilines is 1. The highest BCUT2D eigenvalue weighted by atomic mass is 35.5. The number of phenolic OH excluding ortho intramolecular Hbond substituents is 1. The van der Waals surface area contributed by atoms with Crippen LogP contribution in [0.15, 0.2) is 47.5 Å². The maximum atomic E-state index is 12.4. The van der Waals surface area contributed by atoms with Gasteiger partial charge in [-0.05, 0) is 30.3 Å². The number of sulfonamides is 1. The summed E-state index contributed by atoms with van der Waals surface area (Å²) < 4.78 is 27.3. The van der Waals surface area contributed by atoms with Crippen LogP contribution in [0, 0.1) is 0 Å². The fraction of sp³-hybridized carbons (Fsp3) is 0. The fourth-order valence-electron chi connectivity index (χ4n) is 2.11. The first kappa shape index (κ1) is 15.0. The number of aromatic hydroxyl groups is 1. The molecule has 0 bridgehead atoms. The molecule has 3 N–H and O–H groups in total. The Morgan fingerprint density at radius 2 is 1.91 bits per heavy atom. The van der Waals surface area contributed by atoms with Gasteiger partial charge in [-0.15, -0.1) is 0 Å². The molecule has 8 heteroatoms. The van der Waals surface area contributed by atoms with Crippen LogP contribution in [0.5, 0.6) is 5.75 Å². The zero-order valence-corrected chi connectivity index (χ0v) is 13.3. The summed E-state index contributed by atoms with van der Waals surface area (Å²) in [6, 6.07) is 8.75. The van der Waals surface area contributed by atoms with Crippen LogP contribution >= 0.6 is 23.2 Å². The molecule has 0 spiro atoms. The average Bonchev–Trinajstić information content (AvgIpc) is 2.85. The van der Waals surface area contributed by atoms with Crippen LogP contribution in [0.3, 0.4) is 0 Å². The fourth-order valence-corrected chi connectivity index (χ4v) is 3.73. The van der Waals surface area contributed by atoms with Crippen LogP contribution in [0.2, 0.25) is 10.0 Å². The second kappa shape index (κ2) is 5.39. The minimum Gasteiger partial charge on any atom is -0.507 e. The van der Waals surface area contributed by atoms with Gasteiger partial charge in [-0.25, -0.2) is 8.42 Å². The largest absolute Gasteiger partial charge is 0.507 e. The average molecular weight is 357 g/mol. The van der Waals surface area contributed by atoms with Crippen LogP contribution in [-0.2, 0) is 10.0 Å². The standard InChI is InChI=1S/C14H10Cl2N2O3S/c15-8-2-1-3-9(6-8)22(20,21)18-11-4-5-12(19)13-10(16)7-17-14(11)13/h1-7,17-19H. The Balaban J connectivity index is 2.09. The Kier molecular flexibility index (Phi) is 3.68. The summed E-state index contributed by atoms with van der Waals surface area (Å²) >= 11 is 11.8. The number of hydrogen-bond donors (Lipinski definition) is 3. The van der Waals surface area contributed by atoms with Gasteiger partial charge in [0.25, 0.3) is 10.0 Å². The number of nitrogens with one attached hydrogen (secondary N) is 2. The SMILES string of the molecule is O=S(=O)(Nc1ccc(O)c2c(Cl)c[nH]c12)c1cccc(Cl)c1. The van der Waals surface area contributed by atoms with Gasteiger partial charge in [-0.1, -0.05) is 29.3 Å². The number of rotatable bonds is 3. The molecule has 0 amide bonds. The molecule has 0 fully saturated rings. The van der Waals surface area contributed by atoms with Crippen LogP contribution < -0.4 is 4.72 Å². The van der Waals surface area contributed by atoms with Crippen molar-refractivity contribution in [3.05, 3.63) is 52.6 Å². The Morgan fingerprint density at radius 3 is 2.64 bits per heavy atom. The second-order valence-corrected chi connectivity index (χ2v) is 7.11. The molecule has 22 heavy (non-hydrogen) atoms. The zero-order valence-electron chi connectivity index (χ0n) is 11.0. The van der Waals surface area contributed by atoms with E-state index >= 15 is 0 Å². The van der Waals surface area contributed by atoms with Gasteiger partial charge in [0.15, 0.2) is 0 Å². The highest BCUT2D eigenvalue weighted by Crippen LogP contribution is 2.36. The third-order valence-corrected chi connectivity index (χ3v) is 5.01. The highest BCUT2D eigenvalue weighted by Gasteiger charge is 2.18. The number of aromatic nitrogens is 1. The van der Waals surface area contributed by atoms with Crippen molar-refractivity contribution < 1.29 is 13.5 Å². The quantitative estimate of drug-likeness (QED) is 0.620. The van der Waals surface area contributed by atoms with E-state index < -0.39 is 10.0 Å². The predicted molar refractivity (Wildman–Crippen MR) is 87.2 cm³/mol. The van der Waals surface area contributed by atoms with E-state index in [0.29, 0.717) is 20.9 Å². The van der Waals surface area contributed by atoms with Crippen molar-refractivity contribution in [2.45, 2.75) is 4.90 Å². The molecule has 0 radical (unpaired) electrons. The predicted octanol–water partition coefficient (Wildman–Crippen LogP) is 3.98. The number of benzene rings is 2. The van der Waals surface area contributed by atoms with Gasteiger partial charge in [0, 0.05) is 11.2 Å². The molecule has 1 aromatic heterocycles. The Morgan fingerprint density at radius 1 is 1.14 bits per heavy atom. The van der Waals surface area contributed by atoms with Crippen LogP contribution in [0.4, 0.5) is 5.69 Å². The van der Waals surface area contributed by atoms with E-state index in [0.717, 1.165) is 0 Å². The van der Waals surface area contributed by atoms with Crippen LogP contribution in [-0.4, -0.2) is 18.5 Å². The molecule has 0 unspecified atom stereocenters. The lowest BCUT2D eigenvalue weighted by Gasteiger charge is -2.10. The van der Waals surface area contributed by atoms with Crippen molar-refractivity contribution in [1.82, 2.24) is 4.98 Å². The van der Waals surface area contributed by atoms with Crippen LogP contribution in [0.25, 0.3) is 10.9 Å². The maximum absolute atomic E-state index is 12.4. The van der Waals surface area contributed by atoms with Crippen LogP contribution in [0.1, 0.15) is 0 Å². The van der Waals surface area contributed by atoms with Crippen molar-refractivity contribution >= 4 is 49.8 Å².